The summed E-state index contributed by atoms with van der Waals surface area (Å²) in [7, 11) is 1.64. The first kappa shape index (κ1) is 12.2. The first-order valence-corrected chi connectivity index (χ1v) is 5.63. The second kappa shape index (κ2) is 5.85. The molecule has 1 atom stereocenters. The van der Waals surface area contributed by atoms with Crippen molar-refractivity contribution in [2.45, 2.75) is 38.6 Å². The minimum Gasteiger partial charge on any atom is -0.358 e. The molecule has 1 aliphatic rings. The number of likely N-dealkylation sites (N-methyl/N-ethyl adjacent to an activating group) is 2. The third kappa shape index (κ3) is 3.63. The van der Waals surface area contributed by atoms with E-state index in [2.05, 4.69) is 10.2 Å². The molecular weight excluding hydrogens is 192 g/mol. The van der Waals surface area contributed by atoms with Crippen LogP contribution in [0.25, 0.3) is 0 Å². The van der Waals surface area contributed by atoms with Crippen molar-refractivity contribution in [1.82, 2.24) is 10.2 Å². The minimum atomic E-state index is 0.0230. The number of nitrogens with one attached hydrogen (secondary N) is 1. The molecule has 1 N–H and O–H groups in total. The number of rotatable bonds is 4. The second-order valence-electron chi connectivity index (χ2n) is 4.03. The van der Waals surface area contributed by atoms with Gasteiger partial charge in [0.15, 0.2) is 0 Å². The Hall–Kier alpha value is -0.900. The molecule has 0 aliphatic heterocycles. The van der Waals surface area contributed by atoms with E-state index in [1.165, 1.54) is 0 Å². The number of Topliss-reactive ketones (excluding diaryl/α,β-unsaturated/α-hetero) is 1. The van der Waals surface area contributed by atoms with Crippen LogP contribution in [0.3, 0.4) is 0 Å². The maximum Gasteiger partial charge on any atom is 0.233 e. The molecule has 0 aromatic rings. The van der Waals surface area contributed by atoms with Gasteiger partial charge in [-0.25, -0.2) is 0 Å². The lowest BCUT2D eigenvalue weighted by atomic mass is 9.93. The number of hydrogen-bond acceptors (Lipinski definition) is 3. The van der Waals surface area contributed by atoms with Crippen LogP contribution >= 0.6 is 0 Å². The van der Waals surface area contributed by atoms with Crippen molar-refractivity contribution < 1.29 is 9.59 Å². The maximum absolute atomic E-state index is 11.3. The van der Waals surface area contributed by atoms with Crippen LogP contribution in [0.2, 0.25) is 0 Å². The number of nitrogens with zero attached hydrogens (tertiary/aromatic N) is 1. The first-order chi connectivity index (χ1) is 7.17. The molecule has 1 rings (SSSR count). The molecule has 1 unspecified atom stereocenters. The van der Waals surface area contributed by atoms with Crippen LogP contribution in [0.4, 0.5) is 0 Å². The summed E-state index contributed by atoms with van der Waals surface area (Å²) in [5.74, 6) is 0.358. The van der Waals surface area contributed by atoms with Gasteiger partial charge in [-0.15, -0.1) is 0 Å². The summed E-state index contributed by atoms with van der Waals surface area (Å²) in [6, 6.07) is 0.272. The zero-order chi connectivity index (χ0) is 11.3. The van der Waals surface area contributed by atoms with Gasteiger partial charge in [0, 0.05) is 25.9 Å². The van der Waals surface area contributed by atoms with Gasteiger partial charge in [0.05, 0.1) is 6.54 Å². The standard InChI is InChI=1S/C11H20N2O2/c1-3-13(8-11(15)12-2)9-5-4-6-10(14)7-9/h9H,3-8H2,1-2H3,(H,12,15). The lowest BCUT2D eigenvalue weighted by molar-refractivity contribution is -0.126. The Kier molecular flexibility index (Phi) is 4.75. The lowest BCUT2D eigenvalue weighted by Crippen LogP contribution is -2.44. The third-order valence-corrected chi connectivity index (χ3v) is 3.00. The molecule has 15 heavy (non-hydrogen) atoms. The average molecular weight is 212 g/mol. The fraction of sp³-hybridized carbons (Fsp3) is 0.818. The Morgan fingerprint density at radius 1 is 1.60 bits per heavy atom. The molecule has 0 saturated heterocycles. The normalized spacial score (nSPS) is 21.8. The van der Waals surface area contributed by atoms with Crippen LogP contribution in [0.1, 0.15) is 32.6 Å². The monoisotopic (exact) mass is 212 g/mol. The molecule has 0 bridgehead atoms. The van der Waals surface area contributed by atoms with E-state index >= 15 is 0 Å². The van der Waals surface area contributed by atoms with Crippen molar-refractivity contribution >= 4 is 11.7 Å². The van der Waals surface area contributed by atoms with E-state index in [0.29, 0.717) is 25.2 Å². The molecule has 0 heterocycles. The number of hydrogen-bond donors (Lipinski definition) is 1. The minimum absolute atomic E-state index is 0.0230. The largest absolute Gasteiger partial charge is 0.358 e. The van der Waals surface area contributed by atoms with E-state index in [0.717, 1.165) is 19.4 Å². The van der Waals surface area contributed by atoms with Gasteiger partial charge in [-0.1, -0.05) is 6.92 Å². The molecule has 0 aromatic carbocycles. The molecule has 1 aliphatic carbocycles. The summed E-state index contributed by atoms with van der Waals surface area (Å²) in [5, 5.41) is 2.61. The van der Waals surface area contributed by atoms with E-state index in [1.54, 1.807) is 7.05 Å². The van der Waals surface area contributed by atoms with E-state index < -0.39 is 0 Å². The second-order valence-corrected chi connectivity index (χ2v) is 4.03. The quantitative estimate of drug-likeness (QED) is 0.741. The van der Waals surface area contributed by atoms with Gasteiger partial charge in [0.25, 0.3) is 0 Å². The van der Waals surface area contributed by atoms with Crippen molar-refractivity contribution in [3.8, 4) is 0 Å². The van der Waals surface area contributed by atoms with Crippen molar-refractivity contribution in [1.29, 1.82) is 0 Å². The van der Waals surface area contributed by atoms with Gasteiger partial charge in [-0.2, -0.15) is 0 Å². The Balaban J connectivity index is 2.49. The van der Waals surface area contributed by atoms with Crippen LogP contribution in [0, 0.1) is 0 Å². The van der Waals surface area contributed by atoms with E-state index in [9.17, 15) is 9.59 Å². The molecule has 86 valence electrons. The molecular formula is C11H20N2O2. The Morgan fingerprint density at radius 2 is 2.33 bits per heavy atom. The topological polar surface area (TPSA) is 49.4 Å². The molecule has 4 nitrogen and oxygen atoms in total. The van der Waals surface area contributed by atoms with Gasteiger partial charge >= 0.3 is 0 Å². The van der Waals surface area contributed by atoms with Gasteiger partial charge in [0.1, 0.15) is 5.78 Å². The number of ketones is 1. The predicted octanol–water partition coefficient (Wildman–Crippen LogP) is 0.566. The van der Waals surface area contributed by atoms with Crippen molar-refractivity contribution in [2.75, 3.05) is 20.1 Å². The molecule has 1 fully saturated rings. The van der Waals surface area contributed by atoms with E-state index in [1.807, 2.05) is 6.92 Å². The van der Waals surface area contributed by atoms with E-state index in [-0.39, 0.29) is 11.9 Å². The Morgan fingerprint density at radius 3 is 2.87 bits per heavy atom. The first-order valence-electron chi connectivity index (χ1n) is 5.63. The Labute approximate surface area is 91.0 Å². The van der Waals surface area contributed by atoms with Crippen molar-refractivity contribution in [3.63, 3.8) is 0 Å². The maximum atomic E-state index is 11.3. The highest BCUT2D eigenvalue weighted by Crippen LogP contribution is 2.19. The van der Waals surface area contributed by atoms with Gasteiger partial charge < -0.3 is 5.32 Å². The molecule has 0 radical (unpaired) electrons. The van der Waals surface area contributed by atoms with Crippen LogP contribution in [-0.2, 0) is 9.59 Å². The van der Waals surface area contributed by atoms with Crippen molar-refractivity contribution in [3.05, 3.63) is 0 Å². The number of carbonyl (C=O) groups excluding carboxylic acids is 2. The lowest BCUT2D eigenvalue weighted by Gasteiger charge is -2.32. The van der Waals surface area contributed by atoms with Gasteiger partial charge in [-0.05, 0) is 19.4 Å². The zero-order valence-corrected chi connectivity index (χ0v) is 9.58. The molecule has 0 spiro atoms. The highest BCUT2D eigenvalue weighted by Gasteiger charge is 2.25. The summed E-state index contributed by atoms with van der Waals surface area (Å²) >= 11 is 0. The average Bonchev–Trinajstić information content (AvgIpc) is 2.25. The zero-order valence-electron chi connectivity index (χ0n) is 9.58. The Bertz CT molecular complexity index is 241. The van der Waals surface area contributed by atoms with Gasteiger partial charge in [-0.3, -0.25) is 14.5 Å². The molecule has 0 aromatic heterocycles. The summed E-state index contributed by atoms with van der Waals surface area (Å²) < 4.78 is 0. The summed E-state index contributed by atoms with van der Waals surface area (Å²) in [6.45, 7) is 3.26. The van der Waals surface area contributed by atoms with Crippen LogP contribution in [0.5, 0.6) is 0 Å². The highest BCUT2D eigenvalue weighted by atomic mass is 16.2. The van der Waals surface area contributed by atoms with E-state index in [4.69, 9.17) is 0 Å². The SMILES string of the molecule is CCN(CC(=O)NC)C1CCCC(=O)C1. The highest BCUT2D eigenvalue weighted by molar-refractivity contribution is 5.80. The van der Waals surface area contributed by atoms with Crippen LogP contribution < -0.4 is 5.32 Å². The molecule has 1 saturated carbocycles. The predicted molar refractivity (Wildman–Crippen MR) is 58.6 cm³/mol. The molecule has 4 heteroatoms. The smallest absolute Gasteiger partial charge is 0.233 e. The number of amides is 1. The van der Waals surface area contributed by atoms with Gasteiger partial charge in [0.2, 0.25) is 5.91 Å². The third-order valence-electron chi connectivity index (χ3n) is 3.00. The summed E-state index contributed by atoms with van der Waals surface area (Å²) in [5.41, 5.74) is 0. The molecule has 1 amide bonds. The van der Waals surface area contributed by atoms with Crippen LogP contribution in [0.15, 0.2) is 0 Å². The van der Waals surface area contributed by atoms with Crippen LogP contribution in [-0.4, -0.2) is 42.8 Å². The summed E-state index contributed by atoms with van der Waals surface area (Å²) in [6.07, 6.45) is 3.34. The fourth-order valence-corrected chi connectivity index (χ4v) is 2.08. The fourth-order valence-electron chi connectivity index (χ4n) is 2.08. The summed E-state index contributed by atoms with van der Waals surface area (Å²) in [4.78, 5) is 24.7. The van der Waals surface area contributed by atoms with Crippen molar-refractivity contribution in [2.24, 2.45) is 0 Å². The number of carbonyl (C=O) groups is 2.